The van der Waals surface area contributed by atoms with Gasteiger partial charge >= 0.3 is 6.03 Å². The number of nitrogens with one attached hydrogen (secondary N) is 1. The van der Waals surface area contributed by atoms with Gasteiger partial charge in [0.15, 0.2) is 0 Å². The van der Waals surface area contributed by atoms with E-state index in [1.807, 2.05) is 6.92 Å². The fourth-order valence-corrected chi connectivity index (χ4v) is 2.63. The van der Waals surface area contributed by atoms with Crippen LogP contribution in [0.25, 0.3) is 5.65 Å². The predicted molar refractivity (Wildman–Crippen MR) is 78.0 cm³/mol. The maximum Gasteiger partial charge on any atom is 0.325 e. The van der Waals surface area contributed by atoms with E-state index < -0.39 is 6.04 Å². The van der Waals surface area contributed by atoms with Gasteiger partial charge in [0, 0.05) is 12.4 Å². The number of imidazole rings is 1. The lowest BCUT2D eigenvalue weighted by molar-refractivity contribution is -0.128. The summed E-state index contributed by atoms with van der Waals surface area (Å²) in [6.45, 7) is 2.15. The van der Waals surface area contributed by atoms with Gasteiger partial charge in [-0.2, -0.15) is 0 Å². The molecule has 1 N–H and O–H groups in total. The van der Waals surface area contributed by atoms with Gasteiger partial charge in [0.1, 0.15) is 11.7 Å². The van der Waals surface area contributed by atoms with E-state index in [4.69, 9.17) is 11.6 Å². The minimum absolute atomic E-state index is 0.171. The number of nitrogens with zero attached hydrogens (tertiary/aromatic N) is 3. The molecule has 2 aromatic heterocycles. The number of hydrogen-bond acceptors (Lipinski definition) is 3. The molecule has 1 unspecified atom stereocenters. The van der Waals surface area contributed by atoms with Gasteiger partial charge in [-0.25, -0.2) is 9.78 Å². The zero-order chi connectivity index (χ0) is 15.0. The van der Waals surface area contributed by atoms with Gasteiger partial charge in [0.25, 0.3) is 5.91 Å². The smallest absolute Gasteiger partial charge is 0.325 e. The monoisotopic (exact) mass is 306 g/mol. The third kappa shape index (κ3) is 2.58. The van der Waals surface area contributed by atoms with Gasteiger partial charge in [-0.1, -0.05) is 24.9 Å². The van der Waals surface area contributed by atoms with Gasteiger partial charge in [0.05, 0.1) is 17.3 Å². The van der Waals surface area contributed by atoms with E-state index in [2.05, 4.69) is 10.3 Å². The summed E-state index contributed by atoms with van der Waals surface area (Å²) in [7, 11) is 0. The Morgan fingerprint density at radius 2 is 2.14 bits per heavy atom. The summed E-state index contributed by atoms with van der Waals surface area (Å²) >= 11 is 5.92. The zero-order valence-electron chi connectivity index (χ0n) is 11.5. The molecule has 1 saturated heterocycles. The van der Waals surface area contributed by atoms with E-state index in [9.17, 15) is 9.59 Å². The molecular weight excluding hydrogens is 292 g/mol. The standard InChI is InChI=1S/C14H15ClN4O2/c1-2-3-11-13(20)19(14(21)17-11)8-10-7-18-6-9(15)4-5-12(18)16-10/h4-7,11H,2-3,8H2,1H3,(H,17,21). The fourth-order valence-electron chi connectivity index (χ4n) is 2.47. The average molecular weight is 307 g/mol. The molecule has 7 heteroatoms. The summed E-state index contributed by atoms with van der Waals surface area (Å²) in [6.07, 6.45) is 5.01. The van der Waals surface area contributed by atoms with Crippen molar-refractivity contribution in [2.45, 2.75) is 32.4 Å². The second-order valence-corrected chi connectivity index (χ2v) is 5.50. The third-order valence-corrected chi connectivity index (χ3v) is 3.69. The van der Waals surface area contributed by atoms with Crippen LogP contribution in [-0.2, 0) is 11.3 Å². The molecule has 21 heavy (non-hydrogen) atoms. The molecule has 6 nitrogen and oxygen atoms in total. The average Bonchev–Trinajstić information content (AvgIpc) is 2.95. The number of halogens is 1. The summed E-state index contributed by atoms with van der Waals surface area (Å²) in [4.78, 5) is 29.6. The summed E-state index contributed by atoms with van der Waals surface area (Å²) < 4.78 is 1.78. The first-order valence-electron chi connectivity index (χ1n) is 6.83. The van der Waals surface area contributed by atoms with Crippen LogP contribution in [0.2, 0.25) is 5.02 Å². The number of fused-ring (bicyclic) bond motifs is 1. The molecular formula is C14H15ClN4O2. The molecule has 0 saturated carbocycles. The number of rotatable bonds is 4. The lowest BCUT2D eigenvalue weighted by atomic mass is 10.2. The maximum atomic E-state index is 12.2. The first kappa shape index (κ1) is 13.9. The highest BCUT2D eigenvalue weighted by Crippen LogP contribution is 2.16. The summed E-state index contributed by atoms with van der Waals surface area (Å²) in [5.74, 6) is -0.183. The molecule has 1 aliphatic heterocycles. The molecule has 0 radical (unpaired) electrons. The highest BCUT2D eigenvalue weighted by atomic mass is 35.5. The van der Waals surface area contributed by atoms with Gasteiger partial charge in [-0.3, -0.25) is 9.69 Å². The second kappa shape index (κ2) is 5.37. The largest absolute Gasteiger partial charge is 0.326 e. The van der Waals surface area contributed by atoms with Crippen molar-refractivity contribution in [3.8, 4) is 0 Å². The minimum Gasteiger partial charge on any atom is -0.326 e. The molecule has 110 valence electrons. The normalized spacial score (nSPS) is 18.6. The SMILES string of the molecule is CCCC1NC(=O)N(Cc2cn3cc(Cl)ccc3n2)C1=O. The van der Waals surface area contributed by atoms with Crippen molar-refractivity contribution < 1.29 is 9.59 Å². The highest BCUT2D eigenvalue weighted by molar-refractivity contribution is 6.30. The Hall–Kier alpha value is -2.08. The molecule has 0 aromatic carbocycles. The lowest BCUT2D eigenvalue weighted by Crippen LogP contribution is -2.31. The number of hydrogen-bond donors (Lipinski definition) is 1. The van der Waals surface area contributed by atoms with Gasteiger partial charge in [-0.05, 0) is 18.6 Å². The molecule has 0 bridgehead atoms. The van der Waals surface area contributed by atoms with E-state index in [1.54, 1.807) is 28.9 Å². The minimum atomic E-state index is -0.408. The quantitative estimate of drug-likeness (QED) is 0.881. The molecule has 3 rings (SSSR count). The van der Waals surface area contributed by atoms with E-state index in [0.29, 0.717) is 17.1 Å². The Morgan fingerprint density at radius 1 is 1.33 bits per heavy atom. The predicted octanol–water partition coefficient (Wildman–Crippen LogP) is 2.21. The second-order valence-electron chi connectivity index (χ2n) is 5.06. The van der Waals surface area contributed by atoms with E-state index in [1.165, 1.54) is 4.90 Å². The highest BCUT2D eigenvalue weighted by Gasteiger charge is 2.37. The molecule has 3 amide bonds. The van der Waals surface area contributed by atoms with E-state index >= 15 is 0 Å². The van der Waals surface area contributed by atoms with Crippen LogP contribution in [0.4, 0.5) is 4.79 Å². The first-order valence-corrected chi connectivity index (χ1v) is 7.21. The zero-order valence-corrected chi connectivity index (χ0v) is 12.3. The van der Waals surface area contributed by atoms with Crippen molar-refractivity contribution in [3.63, 3.8) is 0 Å². The van der Waals surface area contributed by atoms with Crippen LogP contribution in [-0.4, -0.2) is 32.3 Å². The van der Waals surface area contributed by atoms with Crippen LogP contribution in [0.3, 0.4) is 0 Å². The van der Waals surface area contributed by atoms with Crippen LogP contribution in [0.15, 0.2) is 24.5 Å². The topological polar surface area (TPSA) is 66.7 Å². The van der Waals surface area contributed by atoms with Crippen molar-refractivity contribution in [1.29, 1.82) is 0 Å². The molecule has 1 atom stereocenters. The summed E-state index contributed by atoms with van der Waals surface area (Å²) in [5, 5.41) is 3.30. The van der Waals surface area contributed by atoms with Crippen LogP contribution >= 0.6 is 11.6 Å². The van der Waals surface area contributed by atoms with Crippen molar-refractivity contribution in [2.75, 3.05) is 0 Å². The Labute approximate surface area is 126 Å². The molecule has 3 heterocycles. The van der Waals surface area contributed by atoms with E-state index in [0.717, 1.165) is 12.1 Å². The Morgan fingerprint density at radius 3 is 2.90 bits per heavy atom. The van der Waals surface area contributed by atoms with Gasteiger partial charge in [-0.15, -0.1) is 0 Å². The number of carbonyl (C=O) groups is 2. The molecule has 1 fully saturated rings. The van der Waals surface area contributed by atoms with Crippen LogP contribution < -0.4 is 5.32 Å². The van der Waals surface area contributed by atoms with Crippen molar-refractivity contribution in [1.82, 2.24) is 19.6 Å². The first-order chi connectivity index (χ1) is 10.1. The summed E-state index contributed by atoms with van der Waals surface area (Å²) in [6, 6.07) is 2.78. The van der Waals surface area contributed by atoms with Crippen molar-refractivity contribution >= 4 is 29.2 Å². The van der Waals surface area contributed by atoms with Gasteiger partial charge < -0.3 is 9.72 Å². The van der Waals surface area contributed by atoms with Crippen LogP contribution in [0.1, 0.15) is 25.5 Å². The fraction of sp³-hybridized carbons (Fsp3) is 0.357. The van der Waals surface area contributed by atoms with Crippen LogP contribution in [0.5, 0.6) is 0 Å². The Kier molecular flexibility index (Phi) is 3.55. The van der Waals surface area contributed by atoms with Crippen LogP contribution in [0, 0.1) is 0 Å². The third-order valence-electron chi connectivity index (χ3n) is 3.47. The van der Waals surface area contributed by atoms with E-state index in [-0.39, 0.29) is 18.5 Å². The number of aromatic nitrogens is 2. The number of pyridine rings is 1. The number of carbonyl (C=O) groups excluding carboxylic acids is 2. The lowest BCUT2D eigenvalue weighted by Gasteiger charge is -2.10. The number of imide groups is 1. The van der Waals surface area contributed by atoms with Crippen molar-refractivity contribution in [3.05, 3.63) is 35.2 Å². The number of urea groups is 1. The molecule has 0 aliphatic carbocycles. The Bertz CT molecular complexity index is 712. The summed E-state index contributed by atoms with van der Waals surface area (Å²) in [5.41, 5.74) is 1.38. The van der Waals surface area contributed by atoms with Gasteiger partial charge in [0.2, 0.25) is 0 Å². The number of amides is 3. The molecule has 1 aliphatic rings. The molecule has 2 aromatic rings. The molecule has 0 spiro atoms. The Balaban J connectivity index is 1.81. The van der Waals surface area contributed by atoms with Crippen molar-refractivity contribution in [2.24, 2.45) is 0 Å². The maximum absolute atomic E-state index is 12.2.